The van der Waals surface area contributed by atoms with Crippen molar-refractivity contribution in [3.8, 4) is 0 Å². The topological polar surface area (TPSA) is 66.5 Å². The number of nitrogens with zero attached hydrogens (tertiary/aromatic N) is 1. The number of nitrogens with one attached hydrogen (secondary N) is 1. The number of aryl methyl sites for hydroxylation is 1. The molecule has 1 aromatic carbocycles. The first-order chi connectivity index (χ1) is 8.92. The van der Waals surface area contributed by atoms with E-state index < -0.39 is 15.9 Å². The Bertz CT molecular complexity index is 588. The molecule has 1 aromatic rings. The molecule has 0 radical (unpaired) electrons. The molecule has 1 fully saturated rings. The SMILES string of the molecule is Cc1ccccc1S(=O)(=O)NC(=O)[C@@H]1CCCN1P. The fourth-order valence-corrected chi connectivity index (χ4v) is 3.91. The van der Waals surface area contributed by atoms with Gasteiger partial charge in [0.05, 0.1) is 10.9 Å². The van der Waals surface area contributed by atoms with Gasteiger partial charge in [0, 0.05) is 6.54 Å². The lowest BCUT2D eigenvalue weighted by Crippen LogP contribution is -2.42. The van der Waals surface area contributed by atoms with Crippen molar-refractivity contribution in [2.24, 2.45) is 0 Å². The lowest BCUT2D eigenvalue weighted by Gasteiger charge is -2.18. The smallest absolute Gasteiger partial charge is 0.264 e. The van der Waals surface area contributed by atoms with Crippen LogP contribution in [0, 0.1) is 6.92 Å². The van der Waals surface area contributed by atoms with E-state index in [4.69, 9.17) is 0 Å². The molecule has 0 aliphatic carbocycles. The predicted molar refractivity (Wildman–Crippen MR) is 75.9 cm³/mol. The lowest BCUT2D eigenvalue weighted by molar-refractivity contribution is -0.122. The quantitative estimate of drug-likeness (QED) is 0.848. The van der Waals surface area contributed by atoms with Gasteiger partial charge in [-0.2, -0.15) is 0 Å². The van der Waals surface area contributed by atoms with Gasteiger partial charge in [-0.05, 0) is 31.4 Å². The van der Waals surface area contributed by atoms with E-state index >= 15 is 0 Å². The van der Waals surface area contributed by atoms with Crippen LogP contribution in [0.1, 0.15) is 18.4 Å². The summed E-state index contributed by atoms with van der Waals surface area (Å²) in [4.78, 5) is 12.2. The Labute approximate surface area is 115 Å². The molecule has 2 atom stereocenters. The largest absolute Gasteiger partial charge is 0.275 e. The number of benzene rings is 1. The van der Waals surface area contributed by atoms with Gasteiger partial charge >= 0.3 is 0 Å². The molecule has 0 spiro atoms. The normalized spacial score (nSPS) is 20.4. The molecule has 104 valence electrons. The molecule has 1 aliphatic heterocycles. The predicted octanol–water partition coefficient (Wildman–Crippen LogP) is 1.05. The zero-order valence-electron chi connectivity index (χ0n) is 10.7. The summed E-state index contributed by atoms with van der Waals surface area (Å²) in [5.41, 5.74) is 0.622. The zero-order valence-corrected chi connectivity index (χ0v) is 12.6. The summed E-state index contributed by atoms with van der Waals surface area (Å²) >= 11 is 0. The molecule has 19 heavy (non-hydrogen) atoms. The standard InChI is InChI=1S/C12H17N2O3PS/c1-9-5-2-3-7-11(9)19(16,17)13-12(15)10-6-4-8-14(10)18/h2-3,5,7,10H,4,6,8,18H2,1H3,(H,13,15)/t10-/m0/s1. The van der Waals surface area contributed by atoms with Gasteiger partial charge in [0.15, 0.2) is 0 Å². The molecule has 1 heterocycles. The molecular weight excluding hydrogens is 283 g/mol. The van der Waals surface area contributed by atoms with Crippen molar-refractivity contribution >= 4 is 25.3 Å². The second-order valence-electron chi connectivity index (χ2n) is 4.63. The van der Waals surface area contributed by atoms with Gasteiger partial charge in [-0.3, -0.25) is 9.46 Å². The summed E-state index contributed by atoms with van der Waals surface area (Å²) in [7, 11) is -1.32. The van der Waals surface area contributed by atoms with Crippen molar-refractivity contribution < 1.29 is 13.2 Å². The molecule has 1 unspecified atom stereocenters. The fraction of sp³-hybridized carbons (Fsp3) is 0.417. The summed E-state index contributed by atoms with van der Waals surface area (Å²) in [5, 5.41) is 0. The highest BCUT2D eigenvalue weighted by Gasteiger charge is 2.31. The summed E-state index contributed by atoms with van der Waals surface area (Å²) in [5.74, 6) is -0.462. The van der Waals surface area contributed by atoms with Gasteiger partial charge in [0.2, 0.25) is 0 Å². The molecule has 5 nitrogen and oxygen atoms in total. The highest BCUT2D eigenvalue weighted by Crippen LogP contribution is 2.22. The first-order valence-corrected chi connectivity index (χ1v) is 8.05. The molecule has 1 amide bonds. The molecule has 1 saturated heterocycles. The first-order valence-electron chi connectivity index (χ1n) is 6.05. The Kier molecular flexibility index (Phi) is 4.23. The summed E-state index contributed by atoms with van der Waals surface area (Å²) in [6.07, 6.45) is 1.57. The second-order valence-corrected chi connectivity index (χ2v) is 6.95. The van der Waals surface area contributed by atoms with E-state index in [0.717, 1.165) is 13.0 Å². The van der Waals surface area contributed by atoms with Crippen molar-refractivity contribution in [3.63, 3.8) is 0 Å². The summed E-state index contributed by atoms with van der Waals surface area (Å²) in [6.45, 7) is 2.49. The van der Waals surface area contributed by atoms with E-state index in [1.165, 1.54) is 6.07 Å². The molecule has 2 rings (SSSR count). The maximum absolute atomic E-state index is 12.2. The van der Waals surface area contributed by atoms with Crippen molar-refractivity contribution in [1.82, 2.24) is 9.39 Å². The van der Waals surface area contributed by atoms with Gasteiger partial charge in [-0.1, -0.05) is 27.6 Å². The molecule has 7 heteroatoms. The maximum atomic E-state index is 12.2. The van der Waals surface area contributed by atoms with Gasteiger partial charge in [0.1, 0.15) is 0 Å². The average molecular weight is 300 g/mol. The molecule has 0 bridgehead atoms. The molecule has 0 saturated carbocycles. The zero-order chi connectivity index (χ0) is 14.0. The van der Waals surface area contributed by atoms with E-state index in [-0.39, 0.29) is 10.9 Å². The van der Waals surface area contributed by atoms with Gasteiger partial charge < -0.3 is 0 Å². The van der Waals surface area contributed by atoms with Gasteiger partial charge in [-0.15, -0.1) is 0 Å². The third kappa shape index (κ3) is 3.14. The number of carbonyl (C=O) groups excluding carboxylic acids is 1. The molecule has 1 aliphatic rings. The van der Waals surface area contributed by atoms with E-state index in [2.05, 4.69) is 14.1 Å². The van der Waals surface area contributed by atoms with Crippen LogP contribution in [0.4, 0.5) is 0 Å². The van der Waals surface area contributed by atoms with Crippen LogP contribution in [0.5, 0.6) is 0 Å². The monoisotopic (exact) mass is 300 g/mol. The molecular formula is C12H17N2O3PS. The molecule has 1 N–H and O–H groups in total. The Morgan fingerprint density at radius 1 is 1.42 bits per heavy atom. The number of hydrogen-bond donors (Lipinski definition) is 1. The Hall–Kier alpha value is -0.970. The highest BCUT2D eigenvalue weighted by molar-refractivity contribution is 7.90. The van der Waals surface area contributed by atoms with Crippen LogP contribution in [0.2, 0.25) is 0 Å². The Morgan fingerprint density at radius 3 is 2.68 bits per heavy atom. The summed E-state index contributed by atoms with van der Waals surface area (Å²) < 4.78 is 28.3. The van der Waals surface area contributed by atoms with E-state index in [0.29, 0.717) is 12.0 Å². The van der Waals surface area contributed by atoms with Gasteiger partial charge in [-0.25, -0.2) is 13.1 Å². The van der Waals surface area contributed by atoms with Crippen molar-refractivity contribution in [2.75, 3.05) is 6.54 Å². The fourth-order valence-electron chi connectivity index (χ4n) is 2.18. The summed E-state index contributed by atoms with van der Waals surface area (Å²) in [6, 6.07) is 6.22. The van der Waals surface area contributed by atoms with Crippen molar-refractivity contribution in [3.05, 3.63) is 29.8 Å². The number of hydrogen-bond acceptors (Lipinski definition) is 4. The van der Waals surface area contributed by atoms with Crippen LogP contribution >= 0.6 is 9.39 Å². The van der Waals surface area contributed by atoms with E-state index in [1.54, 1.807) is 29.8 Å². The van der Waals surface area contributed by atoms with E-state index in [9.17, 15) is 13.2 Å². The van der Waals surface area contributed by atoms with E-state index in [1.807, 2.05) is 0 Å². The van der Waals surface area contributed by atoms with Crippen LogP contribution in [0.25, 0.3) is 0 Å². The first kappa shape index (κ1) is 14.4. The number of rotatable bonds is 3. The molecule has 0 aromatic heterocycles. The van der Waals surface area contributed by atoms with Crippen LogP contribution in [-0.2, 0) is 14.8 Å². The van der Waals surface area contributed by atoms with Crippen molar-refractivity contribution in [2.45, 2.75) is 30.7 Å². The average Bonchev–Trinajstić information content (AvgIpc) is 2.75. The van der Waals surface area contributed by atoms with Crippen molar-refractivity contribution in [1.29, 1.82) is 0 Å². The third-order valence-electron chi connectivity index (χ3n) is 3.21. The number of carbonyl (C=O) groups is 1. The minimum atomic E-state index is -3.79. The highest BCUT2D eigenvalue weighted by atomic mass is 32.2. The Balaban J connectivity index is 2.18. The maximum Gasteiger partial charge on any atom is 0.264 e. The minimum Gasteiger partial charge on any atom is -0.275 e. The van der Waals surface area contributed by atoms with Gasteiger partial charge in [0.25, 0.3) is 15.9 Å². The minimum absolute atomic E-state index is 0.150. The Morgan fingerprint density at radius 2 is 2.11 bits per heavy atom. The van der Waals surface area contributed by atoms with Crippen LogP contribution in [0.15, 0.2) is 29.2 Å². The van der Waals surface area contributed by atoms with Crippen LogP contribution < -0.4 is 4.72 Å². The third-order valence-corrected chi connectivity index (χ3v) is 5.34. The van der Waals surface area contributed by atoms with Crippen LogP contribution in [-0.4, -0.2) is 31.6 Å². The number of sulfonamides is 1. The van der Waals surface area contributed by atoms with Crippen LogP contribution in [0.3, 0.4) is 0 Å². The lowest BCUT2D eigenvalue weighted by atomic mass is 10.2. The second kappa shape index (κ2) is 5.57. The number of amides is 1.